The van der Waals surface area contributed by atoms with Crippen LogP contribution in [0.15, 0.2) is 0 Å². The van der Waals surface area contributed by atoms with Crippen molar-refractivity contribution in [3.8, 4) is 0 Å². The first-order chi connectivity index (χ1) is 5.16. The molecule has 0 aliphatic heterocycles. The zero-order chi connectivity index (χ0) is 8.69. The molecule has 0 spiro atoms. The van der Waals surface area contributed by atoms with E-state index in [1.54, 1.807) is 4.58 Å². The number of aliphatic hydroxyl groups excluding tert-OH is 1. The molecule has 0 aromatic carbocycles. The zero-order valence-corrected chi connectivity index (χ0v) is 6.45. The van der Waals surface area contributed by atoms with E-state index in [0.29, 0.717) is 19.5 Å². The Balaban J connectivity index is 3.30. The van der Waals surface area contributed by atoms with Crippen LogP contribution in [0.25, 0.3) is 0 Å². The van der Waals surface area contributed by atoms with Crippen LogP contribution in [0.4, 0.5) is 0 Å². The predicted molar refractivity (Wildman–Crippen MR) is 38.4 cm³/mol. The number of hydrogen-bond donors (Lipinski definition) is 1. The van der Waals surface area contributed by atoms with Crippen LogP contribution in [0.1, 0.15) is 12.8 Å². The predicted octanol–water partition coefficient (Wildman–Crippen LogP) is -1.78. The Morgan fingerprint density at radius 3 is 2.64 bits per heavy atom. The van der Waals surface area contributed by atoms with Gasteiger partial charge in [-0.2, -0.15) is 0 Å². The van der Waals surface area contributed by atoms with Crippen molar-refractivity contribution in [2.75, 3.05) is 19.7 Å². The molecule has 0 amide bonds. The van der Waals surface area contributed by atoms with E-state index in [2.05, 4.69) is 6.72 Å². The Morgan fingerprint density at radius 2 is 2.18 bits per heavy atom. The van der Waals surface area contributed by atoms with E-state index in [9.17, 15) is 9.90 Å². The normalized spacial score (nSPS) is 9.55. The highest BCUT2D eigenvalue weighted by Gasteiger charge is 1.99. The van der Waals surface area contributed by atoms with Crippen molar-refractivity contribution in [2.45, 2.75) is 12.8 Å². The summed E-state index contributed by atoms with van der Waals surface area (Å²) in [5.41, 5.74) is 0. The molecule has 0 unspecified atom stereocenters. The van der Waals surface area contributed by atoms with Crippen molar-refractivity contribution in [3.63, 3.8) is 0 Å². The third kappa shape index (κ3) is 6.99. The van der Waals surface area contributed by atoms with Crippen LogP contribution in [-0.4, -0.2) is 42.1 Å². The molecule has 64 valence electrons. The minimum absolute atomic E-state index is 0.00503. The summed E-state index contributed by atoms with van der Waals surface area (Å²) in [6.07, 6.45) is 0.617. The van der Waals surface area contributed by atoms with Gasteiger partial charge in [0, 0.05) is 25.4 Å². The van der Waals surface area contributed by atoms with E-state index in [-0.39, 0.29) is 13.0 Å². The van der Waals surface area contributed by atoms with E-state index in [0.717, 1.165) is 0 Å². The molecule has 4 heteroatoms. The van der Waals surface area contributed by atoms with Crippen molar-refractivity contribution in [2.24, 2.45) is 0 Å². The van der Waals surface area contributed by atoms with Crippen molar-refractivity contribution in [1.29, 1.82) is 0 Å². The minimum atomic E-state index is -1.07. The molecule has 0 fully saturated rings. The number of carbonyl (C=O) groups excluding carboxylic acids is 1. The summed E-state index contributed by atoms with van der Waals surface area (Å²) in [6, 6.07) is 0. The Kier molecular flexibility index (Phi) is 5.37. The third-order valence-electron chi connectivity index (χ3n) is 1.26. The van der Waals surface area contributed by atoms with Crippen molar-refractivity contribution >= 4 is 12.7 Å². The quantitative estimate of drug-likeness (QED) is 0.368. The number of aliphatic hydroxyl groups is 1. The Bertz CT molecular complexity index is 145. The summed E-state index contributed by atoms with van der Waals surface area (Å²) in [5, 5.41) is 18.4. The van der Waals surface area contributed by atoms with Gasteiger partial charge in [-0.1, -0.05) is 0 Å². The molecule has 0 radical (unpaired) electrons. The lowest BCUT2D eigenvalue weighted by Crippen LogP contribution is -2.26. The molecule has 0 aromatic rings. The first kappa shape index (κ1) is 10.1. The van der Waals surface area contributed by atoms with Crippen LogP contribution < -0.4 is 5.11 Å². The van der Waals surface area contributed by atoms with E-state index in [1.165, 1.54) is 0 Å². The third-order valence-corrected chi connectivity index (χ3v) is 1.26. The highest BCUT2D eigenvalue weighted by Crippen LogP contribution is 1.82. The van der Waals surface area contributed by atoms with Crippen LogP contribution >= 0.6 is 0 Å². The highest BCUT2D eigenvalue weighted by atomic mass is 16.4. The van der Waals surface area contributed by atoms with Gasteiger partial charge < -0.3 is 15.0 Å². The summed E-state index contributed by atoms with van der Waals surface area (Å²) in [6.45, 7) is 4.68. The number of carbonyl (C=O) groups is 1. The van der Waals surface area contributed by atoms with Crippen LogP contribution in [0.3, 0.4) is 0 Å². The lowest BCUT2D eigenvalue weighted by Gasteiger charge is -2.01. The molecule has 0 bridgehead atoms. The summed E-state index contributed by atoms with van der Waals surface area (Å²) in [5.74, 6) is -1.07. The van der Waals surface area contributed by atoms with Gasteiger partial charge in [-0.05, 0) is 0 Å². The van der Waals surface area contributed by atoms with E-state index >= 15 is 0 Å². The fraction of sp³-hybridized carbons (Fsp3) is 0.714. The molecular formula is C7H13NO3. The Labute approximate surface area is 65.8 Å². The summed E-state index contributed by atoms with van der Waals surface area (Å²) >= 11 is 0. The smallest absolute Gasteiger partial charge is 0.147 e. The van der Waals surface area contributed by atoms with Crippen molar-refractivity contribution in [1.82, 2.24) is 0 Å². The van der Waals surface area contributed by atoms with Crippen LogP contribution in [0, 0.1) is 0 Å². The molecule has 11 heavy (non-hydrogen) atoms. The molecule has 0 aromatic heterocycles. The van der Waals surface area contributed by atoms with E-state index in [4.69, 9.17) is 5.11 Å². The van der Waals surface area contributed by atoms with E-state index < -0.39 is 5.97 Å². The summed E-state index contributed by atoms with van der Waals surface area (Å²) in [4.78, 5) is 9.96. The number of carboxylic acids is 1. The minimum Gasteiger partial charge on any atom is -0.550 e. The topological polar surface area (TPSA) is 63.4 Å². The van der Waals surface area contributed by atoms with Crippen molar-refractivity contribution < 1.29 is 19.6 Å². The fourth-order valence-corrected chi connectivity index (χ4v) is 0.656. The molecule has 0 atom stereocenters. The van der Waals surface area contributed by atoms with Gasteiger partial charge in [0.2, 0.25) is 0 Å². The molecular weight excluding hydrogens is 146 g/mol. The number of hydrogen-bond acceptors (Lipinski definition) is 3. The fourth-order valence-electron chi connectivity index (χ4n) is 0.656. The Morgan fingerprint density at radius 1 is 1.55 bits per heavy atom. The second kappa shape index (κ2) is 5.85. The summed E-state index contributed by atoms with van der Waals surface area (Å²) < 4.78 is 1.60. The largest absolute Gasteiger partial charge is 0.550 e. The maximum Gasteiger partial charge on any atom is 0.147 e. The monoisotopic (exact) mass is 159 g/mol. The molecule has 0 rings (SSSR count). The van der Waals surface area contributed by atoms with Crippen molar-refractivity contribution in [3.05, 3.63) is 0 Å². The number of carboxylic acid groups (broad SMARTS) is 1. The Hall–Kier alpha value is -0.900. The maximum absolute atomic E-state index is 9.96. The van der Waals surface area contributed by atoms with Gasteiger partial charge >= 0.3 is 0 Å². The lowest BCUT2D eigenvalue weighted by atomic mass is 10.4. The number of nitrogens with zero attached hydrogens (tertiary/aromatic N) is 1. The second-order valence-electron chi connectivity index (χ2n) is 2.32. The average molecular weight is 159 g/mol. The average Bonchev–Trinajstić information content (AvgIpc) is 1.97. The van der Waals surface area contributed by atoms with Crippen LogP contribution in [0.5, 0.6) is 0 Å². The zero-order valence-electron chi connectivity index (χ0n) is 6.45. The standard InChI is InChI=1S/C7H13NO3/c1-8(4-2-6-9)5-3-7(10)11/h9H,1-6H2. The van der Waals surface area contributed by atoms with Gasteiger partial charge in [0.25, 0.3) is 0 Å². The number of aliphatic carboxylic acids is 1. The second-order valence-corrected chi connectivity index (χ2v) is 2.32. The van der Waals surface area contributed by atoms with Gasteiger partial charge in [0.05, 0.1) is 0 Å². The summed E-state index contributed by atoms with van der Waals surface area (Å²) in [7, 11) is 0. The molecule has 0 aliphatic carbocycles. The van der Waals surface area contributed by atoms with Crippen LogP contribution in [-0.2, 0) is 4.79 Å². The molecule has 4 nitrogen and oxygen atoms in total. The highest BCUT2D eigenvalue weighted by molar-refractivity contribution is 5.64. The molecule has 1 N–H and O–H groups in total. The lowest BCUT2D eigenvalue weighted by molar-refractivity contribution is -0.520. The molecule has 0 saturated heterocycles. The molecule has 0 heterocycles. The van der Waals surface area contributed by atoms with Gasteiger partial charge in [0.1, 0.15) is 19.8 Å². The molecule has 0 saturated carbocycles. The van der Waals surface area contributed by atoms with E-state index in [1.807, 2.05) is 0 Å². The SMILES string of the molecule is C=[N+](CCCO)CCC(=O)[O-]. The van der Waals surface area contributed by atoms with Gasteiger partial charge in [-0.15, -0.1) is 0 Å². The van der Waals surface area contributed by atoms with Gasteiger partial charge in [-0.3, -0.25) is 0 Å². The first-order valence-electron chi connectivity index (χ1n) is 3.53. The molecule has 0 aliphatic rings. The van der Waals surface area contributed by atoms with Crippen LogP contribution in [0.2, 0.25) is 0 Å². The van der Waals surface area contributed by atoms with Gasteiger partial charge in [0.15, 0.2) is 0 Å². The maximum atomic E-state index is 9.96. The first-order valence-corrected chi connectivity index (χ1v) is 3.53. The number of rotatable bonds is 6. The van der Waals surface area contributed by atoms with Gasteiger partial charge in [-0.25, -0.2) is 4.58 Å².